The van der Waals surface area contributed by atoms with Crippen LogP contribution in [0.15, 0.2) is 36.4 Å². The van der Waals surface area contributed by atoms with Gasteiger partial charge in [0.15, 0.2) is 6.61 Å². The fraction of sp³-hybridized carbons (Fsp3) is 0.0714. The Hall–Kier alpha value is -1.85. The number of hydrogen-bond donors (Lipinski definition) is 1. The van der Waals surface area contributed by atoms with E-state index in [1.54, 1.807) is 0 Å². The van der Waals surface area contributed by atoms with E-state index in [9.17, 15) is 13.6 Å². The molecular weight excluding hydrogens is 323 g/mol. The largest absolute Gasteiger partial charge is 0.484 e. The summed E-state index contributed by atoms with van der Waals surface area (Å²) in [5, 5.41) is 2.99. The molecule has 0 atom stereocenters. The molecule has 0 bridgehead atoms. The Morgan fingerprint density at radius 1 is 1.10 bits per heavy atom. The number of rotatable bonds is 4. The Bertz CT molecular complexity index is 660. The van der Waals surface area contributed by atoms with Gasteiger partial charge in [-0.25, -0.2) is 8.78 Å². The molecule has 0 fully saturated rings. The molecule has 3 nitrogen and oxygen atoms in total. The molecule has 0 saturated heterocycles. The van der Waals surface area contributed by atoms with Gasteiger partial charge in [-0.2, -0.15) is 0 Å². The molecule has 1 amide bonds. The summed E-state index contributed by atoms with van der Waals surface area (Å²) < 4.78 is 31.3. The molecule has 0 aliphatic heterocycles. The maximum atomic E-state index is 13.3. The van der Waals surface area contributed by atoms with Gasteiger partial charge in [0, 0.05) is 16.1 Å². The van der Waals surface area contributed by atoms with Crippen molar-refractivity contribution in [2.75, 3.05) is 11.9 Å². The van der Waals surface area contributed by atoms with Gasteiger partial charge in [-0.3, -0.25) is 4.79 Å². The topological polar surface area (TPSA) is 38.3 Å². The summed E-state index contributed by atoms with van der Waals surface area (Å²) in [6, 6.07) is 7.32. The highest BCUT2D eigenvalue weighted by Gasteiger charge is 2.09. The number of anilines is 1. The van der Waals surface area contributed by atoms with E-state index in [1.165, 1.54) is 18.2 Å². The van der Waals surface area contributed by atoms with Crippen molar-refractivity contribution >= 4 is 34.8 Å². The lowest BCUT2D eigenvalue weighted by Gasteiger charge is -2.09. The standard InChI is InChI=1S/C14H9Cl2F2NO2/c15-8-3-9(16)5-11(4-8)21-7-14(20)19-13-2-1-10(17)6-12(13)18/h1-6H,7H2,(H,19,20). The van der Waals surface area contributed by atoms with Gasteiger partial charge in [0.05, 0.1) is 5.69 Å². The Morgan fingerprint density at radius 2 is 1.76 bits per heavy atom. The molecular formula is C14H9Cl2F2NO2. The van der Waals surface area contributed by atoms with E-state index in [0.29, 0.717) is 21.9 Å². The molecule has 1 N–H and O–H groups in total. The average Bonchev–Trinajstić information content (AvgIpc) is 2.39. The van der Waals surface area contributed by atoms with Crippen LogP contribution < -0.4 is 10.1 Å². The number of carbonyl (C=O) groups is 1. The lowest BCUT2D eigenvalue weighted by atomic mass is 10.3. The molecule has 0 spiro atoms. The highest BCUT2D eigenvalue weighted by molar-refractivity contribution is 6.34. The number of benzene rings is 2. The average molecular weight is 332 g/mol. The number of nitrogens with one attached hydrogen (secondary N) is 1. The summed E-state index contributed by atoms with van der Waals surface area (Å²) >= 11 is 11.6. The van der Waals surface area contributed by atoms with E-state index in [2.05, 4.69) is 5.32 Å². The van der Waals surface area contributed by atoms with Gasteiger partial charge >= 0.3 is 0 Å². The second kappa shape index (κ2) is 6.74. The molecule has 0 radical (unpaired) electrons. The summed E-state index contributed by atoms with van der Waals surface area (Å²) in [4.78, 5) is 11.6. The first-order valence-corrected chi connectivity index (χ1v) is 6.53. The summed E-state index contributed by atoms with van der Waals surface area (Å²) in [5.74, 6) is -1.89. The van der Waals surface area contributed by atoms with Crippen LogP contribution in [0.25, 0.3) is 0 Å². The van der Waals surface area contributed by atoms with E-state index in [4.69, 9.17) is 27.9 Å². The second-order valence-corrected chi connectivity index (χ2v) is 4.94. The molecule has 2 aromatic carbocycles. The lowest BCUT2D eigenvalue weighted by Crippen LogP contribution is -2.20. The van der Waals surface area contributed by atoms with Crippen LogP contribution in [0.3, 0.4) is 0 Å². The fourth-order valence-electron chi connectivity index (χ4n) is 1.54. The zero-order valence-electron chi connectivity index (χ0n) is 10.5. The molecule has 0 aromatic heterocycles. The monoisotopic (exact) mass is 331 g/mol. The van der Waals surface area contributed by atoms with Gasteiger partial charge in [-0.05, 0) is 30.3 Å². The molecule has 21 heavy (non-hydrogen) atoms. The zero-order chi connectivity index (χ0) is 15.4. The molecule has 0 aliphatic rings. The van der Waals surface area contributed by atoms with E-state index in [-0.39, 0.29) is 12.3 Å². The number of carbonyl (C=O) groups excluding carboxylic acids is 1. The number of hydrogen-bond acceptors (Lipinski definition) is 2. The van der Waals surface area contributed by atoms with Crippen molar-refractivity contribution in [3.8, 4) is 5.75 Å². The van der Waals surface area contributed by atoms with Gasteiger partial charge < -0.3 is 10.1 Å². The van der Waals surface area contributed by atoms with Gasteiger partial charge in [0.2, 0.25) is 0 Å². The minimum atomic E-state index is -0.867. The predicted molar refractivity (Wildman–Crippen MR) is 76.9 cm³/mol. The third kappa shape index (κ3) is 4.58. The minimum Gasteiger partial charge on any atom is -0.484 e. The molecule has 2 rings (SSSR count). The van der Waals surface area contributed by atoms with Crippen molar-refractivity contribution in [2.24, 2.45) is 0 Å². The van der Waals surface area contributed by atoms with Gasteiger partial charge in [-0.1, -0.05) is 23.2 Å². The van der Waals surface area contributed by atoms with Crippen molar-refractivity contribution in [3.63, 3.8) is 0 Å². The predicted octanol–water partition coefficient (Wildman–Crippen LogP) is 4.29. The lowest BCUT2D eigenvalue weighted by molar-refractivity contribution is -0.118. The highest BCUT2D eigenvalue weighted by atomic mass is 35.5. The van der Waals surface area contributed by atoms with Crippen LogP contribution in [0, 0.1) is 11.6 Å². The zero-order valence-corrected chi connectivity index (χ0v) is 12.0. The van der Waals surface area contributed by atoms with Crippen molar-refractivity contribution in [1.82, 2.24) is 0 Å². The van der Waals surface area contributed by atoms with Gasteiger partial charge in [-0.15, -0.1) is 0 Å². The summed E-state index contributed by atoms with van der Waals surface area (Å²) in [6.07, 6.45) is 0. The Balaban J connectivity index is 1.95. The maximum Gasteiger partial charge on any atom is 0.262 e. The highest BCUT2D eigenvalue weighted by Crippen LogP contribution is 2.24. The van der Waals surface area contributed by atoms with E-state index in [1.807, 2.05) is 0 Å². The van der Waals surface area contributed by atoms with Crippen LogP contribution in [-0.2, 0) is 4.79 Å². The maximum absolute atomic E-state index is 13.3. The summed E-state index contributed by atoms with van der Waals surface area (Å²) in [6.45, 7) is -0.368. The smallest absolute Gasteiger partial charge is 0.262 e. The van der Waals surface area contributed by atoms with Crippen molar-refractivity contribution in [1.29, 1.82) is 0 Å². The van der Waals surface area contributed by atoms with E-state index >= 15 is 0 Å². The first-order valence-electron chi connectivity index (χ1n) is 5.78. The van der Waals surface area contributed by atoms with E-state index < -0.39 is 17.5 Å². The van der Waals surface area contributed by atoms with Crippen LogP contribution in [-0.4, -0.2) is 12.5 Å². The number of ether oxygens (including phenoxy) is 1. The summed E-state index contributed by atoms with van der Waals surface area (Å²) in [7, 11) is 0. The number of halogens is 4. The SMILES string of the molecule is O=C(COc1cc(Cl)cc(Cl)c1)Nc1ccc(F)cc1F. The Labute approximate surface area is 129 Å². The molecule has 0 heterocycles. The van der Waals surface area contributed by atoms with E-state index in [0.717, 1.165) is 12.1 Å². The van der Waals surface area contributed by atoms with Crippen LogP contribution in [0.4, 0.5) is 14.5 Å². The molecule has 110 valence electrons. The quantitative estimate of drug-likeness (QED) is 0.907. The van der Waals surface area contributed by atoms with Crippen molar-refractivity contribution in [3.05, 3.63) is 58.1 Å². The minimum absolute atomic E-state index is 0.130. The van der Waals surface area contributed by atoms with Crippen LogP contribution in [0.1, 0.15) is 0 Å². The molecule has 0 saturated carbocycles. The third-order valence-electron chi connectivity index (χ3n) is 2.41. The third-order valence-corrected chi connectivity index (χ3v) is 2.85. The molecule has 0 aliphatic carbocycles. The molecule has 7 heteroatoms. The molecule has 0 unspecified atom stereocenters. The van der Waals surface area contributed by atoms with Crippen molar-refractivity contribution in [2.45, 2.75) is 0 Å². The number of amides is 1. The summed E-state index contributed by atoms with van der Waals surface area (Å²) in [5.41, 5.74) is -0.130. The van der Waals surface area contributed by atoms with Crippen LogP contribution >= 0.6 is 23.2 Å². The Kier molecular flexibility index (Phi) is 4.98. The second-order valence-electron chi connectivity index (χ2n) is 4.07. The molecule has 2 aromatic rings. The van der Waals surface area contributed by atoms with Crippen LogP contribution in [0.2, 0.25) is 10.0 Å². The van der Waals surface area contributed by atoms with Gasteiger partial charge in [0.1, 0.15) is 17.4 Å². The first kappa shape index (κ1) is 15.5. The normalized spacial score (nSPS) is 10.3. The Morgan fingerprint density at radius 3 is 2.38 bits per heavy atom. The van der Waals surface area contributed by atoms with Crippen LogP contribution in [0.5, 0.6) is 5.75 Å². The fourth-order valence-corrected chi connectivity index (χ4v) is 2.04. The first-order chi connectivity index (χ1) is 9.94. The van der Waals surface area contributed by atoms with Crippen molar-refractivity contribution < 1.29 is 18.3 Å². The van der Waals surface area contributed by atoms with Gasteiger partial charge in [0.25, 0.3) is 5.91 Å².